The topological polar surface area (TPSA) is 61.8 Å². The highest BCUT2D eigenvalue weighted by Crippen LogP contribution is 2.25. The molecule has 0 aliphatic carbocycles. The second-order valence-electron chi connectivity index (χ2n) is 5.57. The normalized spacial score (nSPS) is 23.8. The van der Waals surface area contributed by atoms with E-state index >= 15 is 0 Å². The van der Waals surface area contributed by atoms with E-state index in [4.69, 9.17) is 14.2 Å². The summed E-state index contributed by atoms with van der Waals surface area (Å²) in [6.45, 7) is 9.49. The SMILES string of the molecule is CCC(C)(C)C(=O)OCC1OC(=O)OC1C(C)C. The fourth-order valence-corrected chi connectivity index (χ4v) is 1.60. The smallest absolute Gasteiger partial charge is 0.461 e. The van der Waals surface area contributed by atoms with Crippen LogP contribution in [0.3, 0.4) is 0 Å². The standard InChI is InChI=1S/C13H22O5/c1-6-13(4,5)11(14)16-7-9-10(8(2)3)18-12(15)17-9/h8-10H,6-7H2,1-5H3. The average molecular weight is 258 g/mol. The highest BCUT2D eigenvalue weighted by molar-refractivity contribution is 5.75. The van der Waals surface area contributed by atoms with Crippen LogP contribution >= 0.6 is 0 Å². The first kappa shape index (κ1) is 14.8. The Kier molecular flexibility index (Phi) is 4.59. The van der Waals surface area contributed by atoms with E-state index < -0.39 is 17.7 Å². The fraction of sp³-hybridized carbons (Fsp3) is 0.846. The van der Waals surface area contributed by atoms with E-state index in [0.717, 1.165) is 0 Å². The summed E-state index contributed by atoms with van der Waals surface area (Å²) < 4.78 is 15.2. The van der Waals surface area contributed by atoms with Crippen LogP contribution in [0, 0.1) is 11.3 Å². The average Bonchev–Trinajstić information content (AvgIpc) is 2.67. The van der Waals surface area contributed by atoms with Crippen LogP contribution in [0.1, 0.15) is 41.0 Å². The summed E-state index contributed by atoms with van der Waals surface area (Å²) in [7, 11) is 0. The molecule has 5 heteroatoms. The molecule has 0 aromatic carbocycles. The van der Waals surface area contributed by atoms with Gasteiger partial charge < -0.3 is 14.2 Å². The Labute approximate surface area is 108 Å². The van der Waals surface area contributed by atoms with Crippen LogP contribution in [-0.2, 0) is 19.0 Å². The van der Waals surface area contributed by atoms with Crippen molar-refractivity contribution >= 4 is 12.1 Å². The lowest BCUT2D eigenvalue weighted by atomic mass is 9.91. The Morgan fingerprint density at radius 2 is 2.00 bits per heavy atom. The van der Waals surface area contributed by atoms with Crippen molar-refractivity contribution in [3.63, 3.8) is 0 Å². The molecule has 1 saturated heterocycles. The summed E-state index contributed by atoms with van der Waals surface area (Å²) >= 11 is 0. The van der Waals surface area contributed by atoms with Gasteiger partial charge in [-0.1, -0.05) is 20.8 Å². The Hall–Kier alpha value is -1.26. The largest absolute Gasteiger partial charge is 0.509 e. The summed E-state index contributed by atoms with van der Waals surface area (Å²) in [4.78, 5) is 22.9. The van der Waals surface area contributed by atoms with Gasteiger partial charge in [-0.2, -0.15) is 0 Å². The van der Waals surface area contributed by atoms with Crippen molar-refractivity contribution in [2.24, 2.45) is 11.3 Å². The number of hydrogen-bond acceptors (Lipinski definition) is 5. The van der Waals surface area contributed by atoms with Crippen molar-refractivity contribution < 1.29 is 23.8 Å². The van der Waals surface area contributed by atoms with Gasteiger partial charge in [0.1, 0.15) is 12.7 Å². The van der Waals surface area contributed by atoms with Crippen LogP contribution in [-0.4, -0.2) is 30.9 Å². The van der Waals surface area contributed by atoms with Crippen molar-refractivity contribution in [2.75, 3.05) is 6.61 Å². The van der Waals surface area contributed by atoms with Crippen molar-refractivity contribution in [3.05, 3.63) is 0 Å². The highest BCUT2D eigenvalue weighted by Gasteiger charge is 2.40. The molecule has 2 atom stereocenters. The molecule has 104 valence electrons. The molecule has 2 unspecified atom stereocenters. The molecular weight excluding hydrogens is 236 g/mol. The third kappa shape index (κ3) is 3.37. The molecule has 5 nitrogen and oxygen atoms in total. The zero-order chi connectivity index (χ0) is 13.9. The molecule has 0 amide bonds. The van der Waals surface area contributed by atoms with E-state index in [9.17, 15) is 9.59 Å². The number of esters is 1. The van der Waals surface area contributed by atoms with Crippen LogP contribution in [0.4, 0.5) is 4.79 Å². The van der Waals surface area contributed by atoms with Crippen molar-refractivity contribution in [2.45, 2.75) is 53.2 Å². The van der Waals surface area contributed by atoms with Gasteiger partial charge in [0.25, 0.3) is 0 Å². The lowest BCUT2D eigenvalue weighted by Gasteiger charge is -2.23. The molecule has 1 rings (SSSR count). The van der Waals surface area contributed by atoms with Gasteiger partial charge in [-0.25, -0.2) is 4.79 Å². The first-order valence-electron chi connectivity index (χ1n) is 6.32. The predicted octanol–water partition coefficient (Wildman–Crippen LogP) is 2.53. The molecule has 0 N–H and O–H groups in total. The minimum atomic E-state index is -0.690. The molecular formula is C13H22O5. The second-order valence-corrected chi connectivity index (χ2v) is 5.57. The molecule has 0 radical (unpaired) electrons. The van der Waals surface area contributed by atoms with Crippen LogP contribution < -0.4 is 0 Å². The Morgan fingerprint density at radius 1 is 1.39 bits per heavy atom. The van der Waals surface area contributed by atoms with Crippen LogP contribution in [0.5, 0.6) is 0 Å². The zero-order valence-electron chi connectivity index (χ0n) is 11.7. The second kappa shape index (κ2) is 5.59. The van der Waals surface area contributed by atoms with Crippen molar-refractivity contribution in [1.82, 2.24) is 0 Å². The van der Waals surface area contributed by atoms with Gasteiger partial charge in [-0.15, -0.1) is 0 Å². The minimum absolute atomic E-state index is 0.0524. The third-order valence-corrected chi connectivity index (χ3v) is 3.32. The molecule has 0 spiro atoms. The molecule has 1 heterocycles. The first-order valence-corrected chi connectivity index (χ1v) is 6.32. The number of carbonyl (C=O) groups is 2. The maximum atomic E-state index is 11.8. The number of carbonyl (C=O) groups excluding carboxylic acids is 2. The Bertz CT molecular complexity index is 321. The van der Waals surface area contributed by atoms with Gasteiger partial charge in [0.05, 0.1) is 5.41 Å². The maximum Gasteiger partial charge on any atom is 0.509 e. The van der Waals surface area contributed by atoms with E-state index in [0.29, 0.717) is 6.42 Å². The number of cyclic esters (lactones) is 2. The Balaban J connectivity index is 2.53. The van der Waals surface area contributed by atoms with Crippen LogP contribution in [0.25, 0.3) is 0 Å². The van der Waals surface area contributed by atoms with E-state index in [2.05, 4.69) is 0 Å². The Morgan fingerprint density at radius 3 is 2.50 bits per heavy atom. The van der Waals surface area contributed by atoms with Gasteiger partial charge in [0, 0.05) is 0 Å². The van der Waals surface area contributed by atoms with Gasteiger partial charge in [0.15, 0.2) is 6.10 Å². The number of hydrogen-bond donors (Lipinski definition) is 0. The predicted molar refractivity (Wildman–Crippen MR) is 65.0 cm³/mol. The highest BCUT2D eigenvalue weighted by atomic mass is 16.8. The van der Waals surface area contributed by atoms with Crippen molar-refractivity contribution in [3.8, 4) is 0 Å². The van der Waals surface area contributed by atoms with Crippen molar-refractivity contribution in [1.29, 1.82) is 0 Å². The first-order chi connectivity index (χ1) is 8.27. The molecule has 0 aromatic heterocycles. The molecule has 1 aliphatic rings. The van der Waals surface area contributed by atoms with Gasteiger partial charge in [-0.05, 0) is 26.2 Å². The van der Waals surface area contributed by atoms with E-state index in [1.165, 1.54) is 0 Å². The van der Waals surface area contributed by atoms with Gasteiger partial charge in [0.2, 0.25) is 0 Å². The lowest BCUT2D eigenvalue weighted by molar-refractivity contribution is -0.157. The molecule has 0 aromatic rings. The summed E-state index contributed by atoms with van der Waals surface area (Å²) in [6, 6.07) is 0. The molecule has 0 saturated carbocycles. The lowest BCUT2D eigenvalue weighted by Crippen LogP contribution is -2.35. The zero-order valence-corrected chi connectivity index (χ0v) is 11.7. The quantitative estimate of drug-likeness (QED) is 0.709. The summed E-state index contributed by atoms with van der Waals surface area (Å²) in [5.74, 6) is -0.158. The van der Waals surface area contributed by atoms with E-state index in [1.807, 2.05) is 34.6 Å². The maximum absolute atomic E-state index is 11.8. The summed E-state index contributed by atoms with van der Waals surface area (Å²) in [6.07, 6.45) is -0.853. The summed E-state index contributed by atoms with van der Waals surface area (Å²) in [5.41, 5.74) is -0.517. The monoisotopic (exact) mass is 258 g/mol. The van der Waals surface area contributed by atoms with E-state index in [-0.39, 0.29) is 24.6 Å². The fourth-order valence-electron chi connectivity index (χ4n) is 1.60. The number of ether oxygens (including phenoxy) is 3. The molecule has 18 heavy (non-hydrogen) atoms. The summed E-state index contributed by atoms with van der Waals surface area (Å²) in [5, 5.41) is 0. The van der Waals surface area contributed by atoms with E-state index in [1.54, 1.807) is 0 Å². The van der Waals surface area contributed by atoms with Gasteiger partial charge >= 0.3 is 12.1 Å². The third-order valence-electron chi connectivity index (χ3n) is 3.32. The molecule has 0 bridgehead atoms. The minimum Gasteiger partial charge on any atom is -0.461 e. The molecule has 1 aliphatic heterocycles. The van der Waals surface area contributed by atoms with Crippen LogP contribution in [0.15, 0.2) is 0 Å². The molecule has 1 fully saturated rings. The van der Waals surface area contributed by atoms with Crippen LogP contribution in [0.2, 0.25) is 0 Å². The number of rotatable bonds is 5. The van der Waals surface area contributed by atoms with Gasteiger partial charge in [-0.3, -0.25) is 4.79 Å².